The van der Waals surface area contributed by atoms with Gasteiger partial charge >= 0.3 is 6.16 Å². The molecule has 1 heterocycles. The summed E-state index contributed by atoms with van der Waals surface area (Å²) in [6, 6.07) is 5.20. The number of aromatic nitrogens is 1. The van der Waals surface area contributed by atoms with Crippen molar-refractivity contribution in [2.45, 2.75) is 0 Å². The maximum atomic E-state index is 11.1. The number of methoxy groups -OCH3 is 1. The number of ether oxygens (including phenoxy) is 2. The Kier molecular flexibility index (Phi) is 2.82. The summed E-state index contributed by atoms with van der Waals surface area (Å²) in [4.78, 5) is 22.0. The minimum absolute atomic E-state index is 0.317. The number of hydrogen-bond donors (Lipinski definition) is 0. The summed E-state index contributed by atoms with van der Waals surface area (Å²) in [5.41, 5.74) is 1.29. The minimum Gasteiger partial charge on any atom is -0.437 e. The molecule has 17 heavy (non-hydrogen) atoms. The number of carbonyl (C=O) groups excluding carboxylic acids is 2. The van der Waals surface area contributed by atoms with E-state index in [-0.39, 0.29) is 0 Å². The van der Waals surface area contributed by atoms with Crippen molar-refractivity contribution in [1.82, 2.24) is 4.57 Å². The van der Waals surface area contributed by atoms with Crippen LogP contribution >= 0.6 is 0 Å². The van der Waals surface area contributed by atoms with Crippen molar-refractivity contribution in [2.24, 2.45) is 7.05 Å². The van der Waals surface area contributed by atoms with E-state index < -0.39 is 6.16 Å². The molecule has 88 valence electrons. The van der Waals surface area contributed by atoms with Gasteiger partial charge in [0.15, 0.2) is 6.29 Å². The van der Waals surface area contributed by atoms with Crippen LogP contribution in [0, 0.1) is 0 Å². The molecule has 0 atom stereocenters. The lowest BCUT2D eigenvalue weighted by Crippen LogP contribution is -2.07. The van der Waals surface area contributed by atoms with Gasteiger partial charge in [-0.05, 0) is 12.1 Å². The molecular weight excluding hydrogens is 222 g/mol. The van der Waals surface area contributed by atoms with E-state index in [1.165, 1.54) is 7.11 Å². The Hall–Kier alpha value is -2.30. The lowest BCUT2D eigenvalue weighted by Gasteiger charge is -2.04. The molecule has 5 nitrogen and oxygen atoms in total. The third-order valence-corrected chi connectivity index (χ3v) is 2.49. The molecule has 0 radical (unpaired) electrons. The van der Waals surface area contributed by atoms with Gasteiger partial charge in [0.1, 0.15) is 5.75 Å². The largest absolute Gasteiger partial charge is 0.513 e. The van der Waals surface area contributed by atoms with Gasteiger partial charge in [0.2, 0.25) is 0 Å². The van der Waals surface area contributed by atoms with E-state index in [1.807, 2.05) is 13.1 Å². The first-order chi connectivity index (χ1) is 8.17. The van der Waals surface area contributed by atoms with Gasteiger partial charge in [0.05, 0.1) is 18.0 Å². The van der Waals surface area contributed by atoms with Crippen molar-refractivity contribution in [3.05, 3.63) is 30.0 Å². The van der Waals surface area contributed by atoms with Crippen LogP contribution in [-0.4, -0.2) is 24.1 Å². The Morgan fingerprint density at radius 1 is 1.41 bits per heavy atom. The number of fused-ring (bicyclic) bond motifs is 1. The van der Waals surface area contributed by atoms with Crippen LogP contribution in [0.1, 0.15) is 10.4 Å². The number of hydrogen-bond acceptors (Lipinski definition) is 4. The highest BCUT2D eigenvalue weighted by Gasteiger charge is 2.13. The molecule has 5 heteroatoms. The molecule has 2 rings (SSSR count). The van der Waals surface area contributed by atoms with Crippen LogP contribution < -0.4 is 4.74 Å². The van der Waals surface area contributed by atoms with Crippen LogP contribution in [-0.2, 0) is 11.8 Å². The smallest absolute Gasteiger partial charge is 0.437 e. The first kappa shape index (κ1) is 11.2. The zero-order valence-electron chi connectivity index (χ0n) is 9.47. The number of aldehydes is 1. The van der Waals surface area contributed by atoms with Gasteiger partial charge in [0, 0.05) is 18.8 Å². The fourth-order valence-electron chi connectivity index (χ4n) is 1.75. The summed E-state index contributed by atoms with van der Waals surface area (Å²) >= 11 is 0. The van der Waals surface area contributed by atoms with Crippen molar-refractivity contribution < 1.29 is 19.1 Å². The topological polar surface area (TPSA) is 57.5 Å². The highest BCUT2D eigenvalue weighted by Crippen LogP contribution is 2.29. The molecule has 0 aliphatic heterocycles. The molecule has 0 aliphatic rings. The monoisotopic (exact) mass is 233 g/mol. The number of benzene rings is 1. The molecule has 0 amide bonds. The summed E-state index contributed by atoms with van der Waals surface area (Å²) in [6.45, 7) is 0. The predicted octanol–water partition coefficient (Wildman–Crippen LogP) is 2.14. The molecule has 1 aromatic carbocycles. The van der Waals surface area contributed by atoms with Crippen molar-refractivity contribution >= 4 is 23.3 Å². The Morgan fingerprint density at radius 3 is 2.82 bits per heavy atom. The van der Waals surface area contributed by atoms with Gasteiger partial charge in [-0.3, -0.25) is 4.79 Å². The lowest BCUT2D eigenvalue weighted by atomic mass is 10.2. The fraction of sp³-hybridized carbons (Fsp3) is 0.167. The second kappa shape index (κ2) is 4.29. The Balaban J connectivity index is 2.62. The number of rotatable bonds is 2. The molecule has 0 spiro atoms. The third-order valence-electron chi connectivity index (χ3n) is 2.49. The molecule has 0 fully saturated rings. The predicted molar refractivity (Wildman–Crippen MR) is 61.3 cm³/mol. The molecule has 2 aromatic rings. The summed E-state index contributed by atoms with van der Waals surface area (Å²) in [5.74, 6) is 0.317. The van der Waals surface area contributed by atoms with Crippen LogP contribution in [0.4, 0.5) is 4.79 Å². The molecule has 0 saturated heterocycles. The maximum Gasteiger partial charge on any atom is 0.513 e. The Bertz CT molecular complexity index is 585. The van der Waals surface area contributed by atoms with Crippen molar-refractivity contribution in [2.75, 3.05) is 7.11 Å². The average molecular weight is 233 g/mol. The standard InChI is InChI=1S/C12H11NO4/c1-13-6-8(7-14)11-9(13)4-3-5-10(11)17-12(15)16-2/h3-7H,1-2H3. The summed E-state index contributed by atoms with van der Waals surface area (Å²) in [6.07, 6.45) is 1.60. The number of nitrogens with zero attached hydrogens (tertiary/aromatic N) is 1. The second-order valence-corrected chi connectivity index (χ2v) is 3.52. The maximum absolute atomic E-state index is 11.1. The first-order valence-electron chi connectivity index (χ1n) is 4.96. The van der Waals surface area contributed by atoms with Crippen LogP contribution in [0.5, 0.6) is 5.75 Å². The Labute approximate surface area is 97.5 Å². The lowest BCUT2D eigenvalue weighted by molar-refractivity contribution is 0.112. The quantitative estimate of drug-likeness (QED) is 0.453. The van der Waals surface area contributed by atoms with Crippen molar-refractivity contribution in [3.8, 4) is 5.75 Å². The van der Waals surface area contributed by atoms with E-state index >= 15 is 0 Å². The first-order valence-corrected chi connectivity index (χ1v) is 4.96. The zero-order chi connectivity index (χ0) is 12.4. The fourth-order valence-corrected chi connectivity index (χ4v) is 1.75. The highest BCUT2D eigenvalue weighted by atomic mass is 16.7. The van der Waals surface area contributed by atoms with Gasteiger partial charge in [0.25, 0.3) is 0 Å². The minimum atomic E-state index is -0.807. The summed E-state index contributed by atoms with van der Waals surface area (Å²) in [7, 11) is 3.05. The third kappa shape index (κ3) is 1.87. The van der Waals surface area contributed by atoms with Crippen molar-refractivity contribution in [1.29, 1.82) is 0 Å². The van der Waals surface area contributed by atoms with Crippen LogP contribution in [0.2, 0.25) is 0 Å². The number of carbonyl (C=O) groups is 2. The average Bonchev–Trinajstić information content (AvgIpc) is 2.67. The van der Waals surface area contributed by atoms with E-state index in [1.54, 1.807) is 22.9 Å². The van der Waals surface area contributed by atoms with E-state index in [2.05, 4.69) is 4.74 Å². The number of aryl methyl sites for hydroxylation is 1. The molecule has 0 aliphatic carbocycles. The van der Waals surface area contributed by atoms with E-state index in [0.717, 1.165) is 11.8 Å². The van der Waals surface area contributed by atoms with E-state index in [9.17, 15) is 9.59 Å². The van der Waals surface area contributed by atoms with Gasteiger partial charge in [-0.2, -0.15) is 0 Å². The van der Waals surface area contributed by atoms with Gasteiger partial charge in [-0.1, -0.05) is 6.07 Å². The van der Waals surface area contributed by atoms with Gasteiger partial charge in [-0.15, -0.1) is 0 Å². The summed E-state index contributed by atoms with van der Waals surface area (Å²) in [5, 5.41) is 0.607. The second-order valence-electron chi connectivity index (χ2n) is 3.52. The molecule has 0 saturated carbocycles. The molecule has 0 unspecified atom stereocenters. The van der Waals surface area contributed by atoms with Gasteiger partial charge < -0.3 is 14.0 Å². The SMILES string of the molecule is COC(=O)Oc1cccc2c1c(C=O)cn2C. The van der Waals surface area contributed by atoms with Crippen LogP contribution in [0.3, 0.4) is 0 Å². The molecule has 0 bridgehead atoms. The van der Waals surface area contributed by atoms with Crippen molar-refractivity contribution in [3.63, 3.8) is 0 Å². The van der Waals surface area contributed by atoms with Gasteiger partial charge in [-0.25, -0.2) is 4.79 Å². The molecular formula is C12H11NO4. The van der Waals surface area contributed by atoms with Crippen LogP contribution in [0.25, 0.3) is 10.9 Å². The van der Waals surface area contributed by atoms with Crippen LogP contribution in [0.15, 0.2) is 24.4 Å². The zero-order valence-corrected chi connectivity index (χ0v) is 9.47. The van der Waals surface area contributed by atoms with E-state index in [0.29, 0.717) is 16.7 Å². The molecule has 1 aromatic heterocycles. The Morgan fingerprint density at radius 2 is 2.18 bits per heavy atom. The summed E-state index contributed by atoms with van der Waals surface area (Å²) < 4.78 is 11.2. The van der Waals surface area contributed by atoms with E-state index in [4.69, 9.17) is 4.74 Å². The highest BCUT2D eigenvalue weighted by molar-refractivity contribution is 6.01. The normalized spacial score (nSPS) is 10.2. The molecule has 0 N–H and O–H groups in total.